The Bertz CT molecular complexity index is 477. The van der Waals surface area contributed by atoms with E-state index in [1.54, 1.807) is 6.33 Å². The zero-order chi connectivity index (χ0) is 14.1. The monoisotopic (exact) mass is 288 g/mol. The second kappa shape index (κ2) is 5.89. The summed E-state index contributed by atoms with van der Waals surface area (Å²) in [5.41, 5.74) is 1.25. The van der Waals surface area contributed by atoms with E-state index in [-0.39, 0.29) is 0 Å². The molecule has 1 aromatic rings. The van der Waals surface area contributed by atoms with Crippen molar-refractivity contribution in [2.24, 2.45) is 0 Å². The predicted molar refractivity (Wildman–Crippen MR) is 81.6 cm³/mol. The van der Waals surface area contributed by atoms with E-state index in [0.29, 0.717) is 5.92 Å². The lowest BCUT2D eigenvalue weighted by atomic mass is 10.0. The van der Waals surface area contributed by atoms with Crippen LogP contribution in [-0.4, -0.2) is 60.3 Å². The zero-order valence-corrected chi connectivity index (χ0v) is 12.6. The molecule has 3 aliphatic rings. The highest BCUT2D eigenvalue weighted by molar-refractivity contribution is 5.40. The van der Waals surface area contributed by atoms with Crippen LogP contribution in [0.3, 0.4) is 0 Å². The number of ether oxygens (including phenoxy) is 1. The quantitative estimate of drug-likeness (QED) is 0.846. The van der Waals surface area contributed by atoms with Gasteiger partial charge in [0.1, 0.15) is 12.1 Å². The molecule has 5 heteroatoms. The maximum atomic E-state index is 5.45. The van der Waals surface area contributed by atoms with Gasteiger partial charge in [0, 0.05) is 49.9 Å². The molecule has 2 saturated heterocycles. The van der Waals surface area contributed by atoms with Gasteiger partial charge < -0.3 is 9.64 Å². The van der Waals surface area contributed by atoms with Crippen LogP contribution in [0.4, 0.5) is 5.82 Å². The summed E-state index contributed by atoms with van der Waals surface area (Å²) in [4.78, 5) is 14.0. The van der Waals surface area contributed by atoms with E-state index in [0.717, 1.165) is 51.3 Å². The Hall–Kier alpha value is -1.20. The molecule has 1 aliphatic carbocycles. The second-order valence-electron chi connectivity index (χ2n) is 6.44. The second-order valence-corrected chi connectivity index (χ2v) is 6.44. The molecular formula is C16H24N4O. The number of morpholine rings is 1. The third kappa shape index (κ3) is 3.04. The van der Waals surface area contributed by atoms with Gasteiger partial charge in [-0.25, -0.2) is 9.97 Å². The van der Waals surface area contributed by atoms with E-state index >= 15 is 0 Å². The van der Waals surface area contributed by atoms with Crippen LogP contribution >= 0.6 is 0 Å². The van der Waals surface area contributed by atoms with Gasteiger partial charge in [0.05, 0.1) is 13.2 Å². The molecule has 0 radical (unpaired) electrons. The van der Waals surface area contributed by atoms with Crippen molar-refractivity contribution < 1.29 is 4.74 Å². The van der Waals surface area contributed by atoms with Gasteiger partial charge in [-0.3, -0.25) is 4.90 Å². The molecule has 0 spiro atoms. The largest absolute Gasteiger partial charge is 0.379 e. The van der Waals surface area contributed by atoms with Gasteiger partial charge in [-0.2, -0.15) is 0 Å². The molecule has 1 aromatic heterocycles. The summed E-state index contributed by atoms with van der Waals surface area (Å²) >= 11 is 0. The molecule has 0 bridgehead atoms. The van der Waals surface area contributed by atoms with Crippen LogP contribution in [0.2, 0.25) is 0 Å². The molecule has 0 aromatic carbocycles. The fourth-order valence-electron chi connectivity index (χ4n) is 3.54. The molecule has 4 rings (SSSR count). The standard InChI is InChI=1S/C16H24N4O/c1-2-13(1)15-11-16(18-12-17-15)20-5-3-14(4-6-20)19-7-9-21-10-8-19/h11-14H,1-10H2. The van der Waals surface area contributed by atoms with E-state index < -0.39 is 0 Å². The summed E-state index contributed by atoms with van der Waals surface area (Å²) in [5, 5.41) is 0. The topological polar surface area (TPSA) is 41.5 Å². The van der Waals surface area contributed by atoms with E-state index in [9.17, 15) is 0 Å². The van der Waals surface area contributed by atoms with Gasteiger partial charge in [0.2, 0.25) is 0 Å². The SMILES string of the molecule is c1nc(C2CC2)cc(N2CCC(N3CCOCC3)CC2)n1. The van der Waals surface area contributed by atoms with Crippen LogP contribution in [0.5, 0.6) is 0 Å². The average Bonchev–Trinajstić information content (AvgIpc) is 3.41. The van der Waals surface area contributed by atoms with E-state index in [1.807, 2.05) is 0 Å². The maximum Gasteiger partial charge on any atom is 0.132 e. The third-order valence-corrected chi connectivity index (χ3v) is 5.02. The predicted octanol–water partition coefficient (Wildman–Crippen LogP) is 1.65. The molecule has 0 unspecified atom stereocenters. The number of hydrogen-bond donors (Lipinski definition) is 0. The number of nitrogens with zero attached hydrogens (tertiary/aromatic N) is 4. The lowest BCUT2D eigenvalue weighted by molar-refractivity contribution is 0.0115. The highest BCUT2D eigenvalue weighted by atomic mass is 16.5. The Morgan fingerprint density at radius 2 is 1.71 bits per heavy atom. The molecule has 3 heterocycles. The fraction of sp³-hybridized carbons (Fsp3) is 0.750. The first-order chi connectivity index (χ1) is 10.4. The average molecular weight is 288 g/mol. The lowest BCUT2D eigenvalue weighted by Crippen LogP contribution is -2.49. The Labute approximate surface area is 126 Å². The van der Waals surface area contributed by atoms with Crippen molar-refractivity contribution in [3.63, 3.8) is 0 Å². The summed E-state index contributed by atoms with van der Waals surface area (Å²) < 4.78 is 5.45. The maximum absolute atomic E-state index is 5.45. The highest BCUT2D eigenvalue weighted by Crippen LogP contribution is 2.39. The minimum atomic E-state index is 0.706. The van der Waals surface area contributed by atoms with Crippen molar-refractivity contribution in [2.75, 3.05) is 44.3 Å². The molecule has 114 valence electrons. The lowest BCUT2D eigenvalue weighted by Gasteiger charge is -2.40. The summed E-state index contributed by atoms with van der Waals surface area (Å²) in [6.07, 6.45) is 6.83. The van der Waals surface area contributed by atoms with Crippen molar-refractivity contribution in [2.45, 2.75) is 37.6 Å². The number of aromatic nitrogens is 2. The van der Waals surface area contributed by atoms with Crippen molar-refractivity contribution >= 4 is 5.82 Å². The van der Waals surface area contributed by atoms with Gasteiger partial charge in [0.15, 0.2) is 0 Å². The van der Waals surface area contributed by atoms with Crippen molar-refractivity contribution in [1.29, 1.82) is 0 Å². The normalized spacial score (nSPS) is 25.2. The Balaban J connectivity index is 1.37. The molecule has 3 fully saturated rings. The smallest absolute Gasteiger partial charge is 0.132 e. The minimum Gasteiger partial charge on any atom is -0.379 e. The number of rotatable bonds is 3. The first-order valence-electron chi connectivity index (χ1n) is 8.29. The summed E-state index contributed by atoms with van der Waals surface area (Å²) in [7, 11) is 0. The van der Waals surface area contributed by atoms with Crippen LogP contribution < -0.4 is 4.90 Å². The van der Waals surface area contributed by atoms with E-state index in [4.69, 9.17) is 4.74 Å². The highest BCUT2D eigenvalue weighted by Gasteiger charge is 2.28. The summed E-state index contributed by atoms with van der Waals surface area (Å²) in [5.74, 6) is 1.84. The van der Waals surface area contributed by atoms with Gasteiger partial charge in [-0.1, -0.05) is 0 Å². The molecule has 0 N–H and O–H groups in total. The van der Waals surface area contributed by atoms with Gasteiger partial charge in [0.25, 0.3) is 0 Å². The molecule has 2 aliphatic heterocycles. The molecule has 0 atom stereocenters. The summed E-state index contributed by atoms with van der Waals surface area (Å²) in [6, 6.07) is 2.95. The molecule has 1 saturated carbocycles. The van der Waals surface area contributed by atoms with Crippen LogP contribution in [0.1, 0.15) is 37.3 Å². The van der Waals surface area contributed by atoms with Crippen LogP contribution in [-0.2, 0) is 4.74 Å². The van der Waals surface area contributed by atoms with Crippen LogP contribution in [0, 0.1) is 0 Å². The van der Waals surface area contributed by atoms with Crippen molar-refractivity contribution in [3.05, 3.63) is 18.1 Å². The van der Waals surface area contributed by atoms with Crippen molar-refractivity contribution in [1.82, 2.24) is 14.9 Å². The number of piperidine rings is 1. The Kier molecular flexibility index (Phi) is 3.78. The Morgan fingerprint density at radius 1 is 0.952 bits per heavy atom. The van der Waals surface area contributed by atoms with Gasteiger partial charge in [-0.15, -0.1) is 0 Å². The molecule has 21 heavy (non-hydrogen) atoms. The molecule has 0 amide bonds. The third-order valence-electron chi connectivity index (χ3n) is 5.02. The van der Waals surface area contributed by atoms with Gasteiger partial charge in [-0.05, 0) is 25.7 Å². The Morgan fingerprint density at radius 3 is 2.43 bits per heavy atom. The van der Waals surface area contributed by atoms with E-state index in [1.165, 1.54) is 31.4 Å². The summed E-state index contributed by atoms with van der Waals surface area (Å²) in [6.45, 7) is 6.23. The van der Waals surface area contributed by atoms with Crippen molar-refractivity contribution in [3.8, 4) is 0 Å². The van der Waals surface area contributed by atoms with Gasteiger partial charge >= 0.3 is 0 Å². The number of hydrogen-bond acceptors (Lipinski definition) is 5. The molecule has 5 nitrogen and oxygen atoms in total. The van der Waals surface area contributed by atoms with Crippen LogP contribution in [0.15, 0.2) is 12.4 Å². The number of anilines is 1. The molecular weight excluding hydrogens is 264 g/mol. The first kappa shape index (κ1) is 13.5. The fourth-order valence-corrected chi connectivity index (χ4v) is 3.54. The minimum absolute atomic E-state index is 0.706. The first-order valence-corrected chi connectivity index (χ1v) is 8.29. The van der Waals surface area contributed by atoms with E-state index in [2.05, 4.69) is 25.8 Å². The zero-order valence-electron chi connectivity index (χ0n) is 12.6. The van der Waals surface area contributed by atoms with Crippen LogP contribution in [0.25, 0.3) is 0 Å².